The highest BCUT2D eigenvalue weighted by Crippen LogP contribution is 2.39. The zero-order valence-corrected chi connectivity index (χ0v) is 8.57. The van der Waals surface area contributed by atoms with Crippen molar-refractivity contribution in [1.29, 1.82) is 0 Å². The van der Waals surface area contributed by atoms with Gasteiger partial charge < -0.3 is 0 Å². The third-order valence-corrected chi connectivity index (χ3v) is 2.55. The summed E-state index contributed by atoms with van der Waals surface area (Å²) in [5, 5.41) is 10.6. The number of hydrogen-bond acceptors (Lipinski definition) is 4. The Hall–Kier alpha value is -1.49. The fourth-order valence-corrected chi connectivity index (χ4v) is 1.64. The zero-order valence-electron chi connectivity index (χ0n) is 7.81. The van der Waals surface area contributed by atoms with Crippen LogP contribution in [-0.4, -0.2) is 25.4 Å². The van der Waals surface area contributed by atoms with Crippen LogP contribution in [0.3, 0.4) is 0 Å². The van der Waals surface area contributed by atoms with Gasteiger partial charge in [0.2, 0.25) is 0 Å². The molecule has 0 bridgehead atoms. The molecule has 15 heavy (non-hydrogen) atoms. The summed E-state index contributed by atoms with van der Waals surface area (Å²) in [6.45, 7) is 0. The molecule has 1 saturated carbocycles. The van der Waals surface area contributed by atoms with Crippen LogP contribution in [0.1, 0.15) is 24.5 Å². The number of nitrogens with zero attached hydrogens (tertiary/aromatic N) is 4. The summed E-state index contributed by atoms with van der Waals surface area (Å²) in [5.74, 6) is 1.09. The average molecular weight is 222 g/mol. The van der Waals surface area contributed by atoms with Crippen molar-refractivity contribution < 1.29 is 0 Å². The normalized spacial score (nSPS) is 15.5. The van der Waals surface area contributed by atoms with E-state index >= 15 is 0 Å². The van der Waals surface area contributed by atoms with Crippen molar-refractivity contribution in [2.45, 2.75) is 18.8 Å². The van der Waals surface area contributed by atoms with E-state index in [1.807, 2.05) is 6.07 Å². The third kappa shape index (κ3) is 1.70. The number of aromatic nitrogens is 5. The van der Waals surface area contributed by atoms with Gasteiger partial charge in [0.05, 0.1) is 6.20 Å². The SMILES string of the molecule is Clc1cc(C2CC2)nc(-c2cn[nH]n2)n1. The highest BCUT2D eigenvalue weighted by molar-refractivity contribution is 6.29. The van der Waals surface area contributed by atoms with Crippen LogP contribution in [0, 0.1) is 0 Å². The van der Waals surface area contributed by atoms with E-state index in [9.17, 15) is 0 Å². The summed E-state index contributed by atoms with van der Waals surface area (Å²) in [6, 6.07) is 1.82. The van der Waals surface area contributed by atoms with E-state index < -0.39 is 0 Å². The average Bonchev–Trinajstić information content (AvgIpc) is 2.93. The minimum atomic E-state index is 0.463. The van der Waals surface area contributed by atoms with Gasteiger partial charge in [0.15, 0.2) is 5.82 Å². The number of aromatic amines is 1. The second-order valence-electron chi connectivity index (χ2n) is 3.57. The smallest absolute Gasteiger partial charge is 0.183 e. The van der Waals surface area contributed by atoms with Crippen LogP contribution < -0.4 is 0 Å². The maximum absolute atomic E-state index is 5.93. The van der Waals surface area contributed by atoms with Gasteiger partial charge in [0, 0.05) is 11.6 Å². The highest BCUT2D eigenvalue weighted by atomic mass is 35.5. The standard InChI is InChI=1S/C9H8ClN5/c10-8-3-6(5-1-2-5)12-9(13-8)7-4-11-15-14-7/h3-5H,1-2H2,(H,11,14,15). The van der Waals surface area contributed by atoms with Crippen LogP contribution in [0.15, 0.2) is 12.3 Å². The molecule has 76 valence electrons. The molecule has 0 radical (unpaired) electrons. The topological polar surface area (TPSA) is 67.3 Å². The first-order valence-corrected chi connectivity index (χ1v) is 5.11. The van der Waals surface area contributed by atoms with Gasteiger partial charge in [-0.1, -0.05) is 11.6 Å². The minimum Gasteiger partial charge on any atom is -0.231 e. The molecule has 0 saturated heterocycles. The molecule has 0 aromatic carbocycles. The van der Waals surface area contributed by atoms with Gasteiger partial charge in [-0.3, -0.25) is 0 Å². The van der Waals surface area contributed by atoms with E-state index in [1.54, 1.807) is 6.20 Å². The maximum Gasteiger partial charge on any atom is 0.183 e. The first-order valence-electron chi connectivity index (χ1n) is 4.73. The highest BCUT2D eigenvalue weighted by Gasteiger charge is 2.26. The number of H-pyrrole nitrogens is 1. The summed E-state index contributed by atoms with van der Waals surface area (Å²) in [6.07, 6.45) is 3.96. The molecular weight excluding hydrogens is 214 g/mol. The number of rotatable bonds is 2. The molecule has 5 nitrogen and oxygen atoms in total. The summed E-state index contributed by atoms with van der Waals surface area (Å²) >= 11 is 5.93. The van der Waals surface area contributed by atoms with Gasteiger partial charge in [-0.2, -0.15) is 15.4 Å². The second kappa shape index (κ2) is 3.27. The number of nitrogens with one attached hydrogen (secondary N) is 1. The Morgan fingerprint density at radius 3 is 2.87 bits per heavy atom. The summed E-state index contributed by atoms with van der Waals surface area (Å²) in [7, 11) is 0. The molecule has 1 aliphatic carbocycles. The lowest BCUT2D eigenvalue weighted by atomic mass is 10.3. The maximum atomic E-state index is 5.93. The van der Waals surface area contributed by atoms with Crippen molar-refractivity contribution in [3.8, 4) is 11.5 Å². The van der Waals surface area contributed by atoms with Gasteiger partial charge in [0.1, 0.15) is 10.8 Å². The van der Waals surface area contributed by atoms with Crippen LogP contribution in [0.2, 0.25) is 5.15 Å². The lowest BCUT2D eigenvalue weighted by Crippen LogP contribution is -1.95. The largest absolute Gasteiger partial charge is 0.231 e. The Balaban J connectivity index is 2.07. The van der Waals surface area contributed by atoms with Crippen LogP contribution >= 0.6 is 11.6 Å². The second-order valence-corrected chi connectivity index (χ2v) is 3.96. The monoisotopic (exact) mass is 221 g/mol. The summed E-state index contributed by atoms with van der Waals surface area (Å²) < 4.78 is 0. The van der Waals surface area contributed by atoms with Crippen molar-refractivity contribution in [2.75, 3.05) is 0 Å². The first-order chi connectivity index (χ1) is 7.33. The molecule has 2 aromatic rings. The Kier molecular flexibility index (Phi) is 1.92. The predicted octanol–water partition coefficient (Wildman–Crippen LogP) is 1.79. The Morgan fingerprint density at radius 1 is 1.33 bits per heavy atom. The summed E-state index contributed by atoms with van der Waals surface area (Å²) in [4.78, 5) is 8.54. The predicted molar refractivity (Wildman–Crippen MR) is 54.4 cm³/mol. The molecule has 1 fully saturated rings. The fraction of sp³-hybridized carbons (Fsp3) is 0.333. The van der Waals surface area contributed by atoms with Crippen molar-refractivity contribution in [1.82, 2.24) is 25.4 Å². The molecule has 1 N–H and O–H groups in total. The Morgan fingerprint density at radius 2 is 2.20 bits per heavy atom. The number of halogens is 1. The van der Waals surface area contributed by atoms with E-state index in [0.29, 0.717) is 22.6 Å². The molecule has 1 aliphatic rings. The third-order valence-electron chi connectivity index (χ3n) is 2.35. The van der Waals surface area contributed by atoms with Crippen LogP contribution in [0.25, 0.3) is 11.5 Å². The minimum absolute atomic E-state index is 0.463. The molecule has 2 heterocycles. The number of hydrogen-bond donors (Lipinski definition) is 1. The van der Waals surface area contributed by atoms with Crippen LogP contribution in [0.4, 0.5) is 0 Å². The molecule has 2 aromatic heterocycles. The Labute approximate surface area is 90.9 Å². The van der Waals surface area contributed by atoms with E-state index in [-0.39, 0.29) is 0 Å². The van der Waals surface area contributed by atoms with Gasteiger partial charge in [-0.05, 0) is 18.9 Å². The van der Waals surface area contributed by atoms with E-state index in [4.69, 9.17) is 11.6 Å². The van der Waals surface area contributed by atoms with Crippen molar-refractivity contribution in [3.63, 3.8) is 0 Å². The van der Waals surface area contributed by atoms with Gasteiger partial charge in [-0.25, -0.2) is 9.97 Å². The summed E-state index contributed by atoms with van der Waals surface area (Å²) in [5.41, 5.74) is 1.63. The van der Waals surface area contributed by atoms with Gasteiger partial charge in [0.25, 0.3) is 0 Å². The van der Waals surface area contributed by atoms with E-state index in [0.717, 1.165) is 5.69 Å². The lowest BCUT2D eigenvalue weighted by molar-refractivity contribution is 0.933. The zero-order chi connectivity index (χ0) is 10.3. The molecule has 3 rings (SSSR count). The van der Waals surface area contributed by atoms with Gasteiger partial charge >= 0.3 is 0 Å². The van der Waals surface area contributed by atoms with E-state index in [1.165, 1.54) is 12.8 Å². The molecule has 0 amide bonds. The van der Waals surface area contributed by atoms with Crippen LogP contribution in [-0.2, 0) is 0 Å². The molecule has 0 atom stereocenters. The quantitative estimate of drug-likeness (QED) is 0.786. The molecule has 0 unspecified atom stereocenters. The molecular formula is C9H8ClN5. The molecule has 6 heteroatoms. The Bertz CT molecular complexity index is 477. The molecule has 0 aliphatic heterocycles. The first kappa shape index (κ1) is 8.79. The van der Waals surface area contributed by atoms with E-state index in [2.05, 4.69) is 25.4 Å². The van der Waals surface area contributed by atoms with Crippen molar-refractivity contribution in [3.05, 3.63) is 23.1 Å². The van der Waals surface area contributed by atoms with Crippen LogP contribution in [0.5, 0.6) is 0 Å². The van der Waals surface area contributed by atoms with Crippen molar-refractivity contribution >= 4 is 11.6 Å². The van der Waals surface area contributed by atoms with Crippen molar-refractivity contribution in [2.24, 2.45) is 0 Å². The fourth-order valence-electron chi connectivity index (χ4n) is 1.45. The van der Waals surface area contributed by atoms with Gasteiger partial charge in [-0.15, -0.1) is 0 Å². The molecule has 0 spiro atoms. The lowest BCUT2D eigenvalue weighted by Gasteiger charge is -2.00.